The normalized spacial score (nSPS) is 10.3. The Morgan fingerprint density at radius 1 is 1.35 bits per heavy atom. The number of carbonyl (C=O) groups is 1. The van der Waals surface area contributed by atoms with Gasteiger partial charge in [0, 0.05) is 29.8 Å². The van der Waals surface area contributed by atoms with E-state index < -0.39 is 0 Å². The first-order chi connectivity index (χ1) is 9.49. The second-order valence-corrected chi connectivity index (χ2v) is 5.56. The average Bonchev–Trinajstić information content (AvgIpc) is 2.41. The van der Waals surface area contributed by atoms with Crippen LogP contribution in [0.15, 0.2) is 36.5 Å². The van der Waals surface area contributed by atoms with E-state index in [1.165, 1.54) is 0 Å². The van der Waals surface area contributed by atoms with Crippen LogP contribution in [-0.2, 0) is 6.54 Å². The van der Waals surface area contributed by atoms with Gasteiger partial charge in [0.25, 0.3) is 5.91 Å². The minimum atomic E-state index is -0.155. The number of rotatable bonds is 3. The number of hydrogen-bond acceptors (Lipinski definition) is 2. The van der Waals surface area contributed by atoms with Crippen molar-refractivity contribution >= 4 is 41.3 Å². The van der Waals surface area contributed by atoms with E-state index in [2.05, 4.69) is 4.98 Å². The molecule has 6 heteroatoms. The molecule has 0 saturated heterocycles. The number of aromatic amines is 1. The van der Waals surface area contributed by atoms with Crippen LogP contribution in [0.2, 0.25) is 10.0 Å². The molecule has 104 valence electrons. The minimum Gasteiger partial charge on any atom is -0.352 e. The van der Waals surface area contributed by atoms with Crippen LogP contribution in [0.25, 0.3) is 0 Å². The molecule has 2 aromatic rings. The molecule has 0 radical (unpaired) electrons. The van der Waals surface area contributed by atoms with E-state index in [1.807, 2.05) is 0 Å². The summed E-state index contributed by atoms with van der Waals surface area (Å²) in [5, 5.41) is 1.11. The van der Waals surface area contributed by atoms with E-state index >= 15 is 0 Å². The number of nitrogens with zero attached hydrogens (tertiary/aromatic N) is 1. The van der Waals surface area contributed by atoms with Gasteiger partial charge in [-0.25, -0.2) is 0 Å². The lowest BCUT2D eigenvalue weighted by atomic mass is 10.2. The largest absolute Gasteiger partial charge is 0.352 e. The van der Waals surface area contributed by atoms with Crippen molar-refractivity contribution in [2.24, 2.45) is 0 Å². The fourth-order valence-electron chi connectivity index (χ4n) is 1.77. The maximum absolute atomic E-state index is 12.3. The van der Waals surface area contributed by atoms with E-state index in [-0.39, 0.29) is 5.91 Å². The predicted octanol–water partition coefficient (Wildman–Crippen LogP) is 4.32. The summed E-state index contributed by atoms with van der Waals surface area (Å²) in [5.41, 5.74) is 1.30. The molecule has 1 aromatic heterocycles. The van der Waals surface area contributed by atoms with Gasteiger partial charge in [-0.05, 0) is 29.8 Å². The summed E-state index contributed by atoms with van der Waals surface area (Å²) in [6, 6.07) is 8.65. The lowest BCUT2D eigenvalue weighted by Gasteiger charge is -2.18. The van der Waals surface area contributed by atoms with Gasteiger partial charge < -0.3 is 9.88 Å². The van der Waals surface area contributed by atoms with Gasteiger partial charge in [0.05, 0.1) is 5.56 Å². The number of amides is 1. The van der Waals surface area contributed by atoms with Gasteiger partial charge in [0.1, 0.15) is 4.64 Å². The van der Waals surface area contributed by atoms with Crippen LogP contribution in [0.5, 0.6) is 0 Å². The lowest BCUT2D eigenvalue weighted by molar-refractivity contribution is 0.0784. The number of nitrogens with one attached hydrogen (secondary N) is 1. The van der Waals surface area contributed by atoms with Gasteiger partial charge in [-0.2, -0.15) is 0 Å². The molecule has 0 fully saturated rings. The molecule has 0 saturated carbocycles. The molecular weight excluding hydrogens is 315 g/mol. The number of hydrogen-bond donors (Lipinski definition) is 1. The Morgan fingerprint density at radius 2 is 2.10 bits per heavy atom. The van der Waals surface area contributed by atoms with E-state index in [0.717, 1.165) is 5.56 Å². The third-order valence-electron chi connectivity index (χ3n) is 2.82. The van der Waals surface area contributed by atoms with Crippen molar-refractivity contribution in [3.8, 4) is 0 Å². The summed E-state index contributed by atoms with van der Waals surface area (Å²) in [6.45, 7) is 0.387. The summed E-state index contributed by atoms with van der Waals surface area (Å²) in [7, 11) is 1.70. The first kappa shape index (κ1) is 15.0. The van der Waals surface area contributed by atoms with E-state index in [4.69, 9.17) is 35.4 Å². The van der Waals surface area contributed by atoms with E-state index in [1.54, 1.807) is 48.5 Å². The highest BCUT2D eigenvalue weighted by Gasteiger charge is 2.14. The van der Waals surface area contributed by atoms with Crippen molar-refractivity contribution in [1.29, 1.82) is 0 Å². The monoisotopic (exact) mass is 326 g/mol. The number of benzene rings is 1. The number of aromatic nitrogens is 1. The topological polar surface area (TPSA) is 36.1 Å². The third-order valence-corrected chi connectivity index (χ3v) is 3.74. The average molecular weight is 327 g/mol. The molecule has 1 aromatic carbocycles. The van der Waals surface area contributed by atoms with Crippen molar-refractivity contribution in [1.82, 2.24) is 9.88 Å². The molecule has 1 amide bonds. The Kier molecular flexibility index (Phi) is 4.81. The number of H-pyrrole nitrogens is 1. The van der Waals surface area contributed by atoms with Gasteiger partial charge in [-0.1, -0.05) is 41.5 Å². The molecule has 1 N–H and O–H groups in total. The molecule has 0 spiro atoms. The zero-order chi connectivity index (χ0) is 14.7. The summed E-state index contributed by atoms with van der Waals surface area (Å²) in [6.07, 6.45) is 1.69. The third kappa shape index (κ3) is 3.39. The molecule has 0 aliphatic rings. The molecule has 2 rings (SSSR count). The van der Waals surface area contributed by atoms with Gasteiger partial charge >= 0.3 is 0 Å². The maximum Gasteiger partial charge on any atom is 0.256 e. The van der Waals surface area contributed by atoms with Crippen LogP contribution >= 0.6 is 35.4 Å². The number of carbonyl (C=O) groups excluding carboxylic acids is 1. The summed E-state index contributed by atoms with van der Waals surface area (Å²) in [4.78, 5) is 16.7. The Labute approximate surface area is 132 Å². The summed E-state index contributed by atoms with van der Waals surface area (Å²) >= 11 is 17.1. The minimum absolute atomic E-state index is 0.155. The van der Waals surface area contributed by atoms with Gasteiger partial charge in [-0.3, -0.25) is 4.79 Å². The Morgan fingerprint density at radius 3 is 2.75 bits per heavy atom. The summed E-state index contributed by atoms with van der Waals surface area (Å²) in [5.74, 6) is -0.155. The number of pyridine rings is 1. The van der Waals surface area contributed by atoms with Crippen LogP contribution in [0.1, 0.15) is 15.9 Å². The zero-order valence-electron chi connectivity index (χ0n) is 10.7. The Bertz CT molecular complexity index is 700. The smallest absolute Gasteiger partial charge is 0.256 e. The maximum atomic E-state index is 12.3. The van der Waals surface area contributed by atoms with Gasteiger partial charge in [0.2, 0.25) is 0 Å². The van der Waals surface area contributed by atoms with Crippen molar-refractivity contribution in [3.63, 3.8) is 0 Å². The molecule has 20 heavy (non-hydrogen) atoms. The lowest BCUT2D eigenvalue weighted by Crippen LogP contribution is -2.26. The fraction of sp³-hybridized carbons (Fsp3) is 0.143. The standard InChI is InChI=1S/C14H12Cl2N2OS/c1-18(8-9-4-5-10(15)7-12(9)16)14(19)11-3-2-6-17-13(11)20/h2-7H,8H2,1H3,(H,17,20). The quantitative estimate of drug-likeness (QED) is 0.852. The van der Waals surface area contributed by atoms with E-state index in [9.17, 15) is 4.79 Å². The second-order valence-electron chi connectivity index (χ2n) is 4.31. The van der Waals surface area contributed by atoms with Crippen LogP contribution in [-0.4, -0.2) is 22.8 Å². The van der Waals surface area contributed by atoms with Gasteiger partial charge in [-0.15, -0.1) is 0 Å². The van der Waals surface area contributed by atoms with Crippen LogP contribution in [0.4, 0.5) is 0 Å². The molecule has 1 heterocycles. The summed E-state index contributed by atoms with van der Waals surface area (Å²) < 4.78 is 0.423. The van der Waals surface area contributed by atoms with Crippen molar-refractivity contribution < 1.29 is 4.79 Å². The molecular formula is C14H12Cl2N2OS. The highest BCUT2D eigenvalue weighted by Crippen LogP contribution is 2.22. The Balaban J connectivity index is 2.20. The Hall–Kier alpha value is -1.36. The first-order valence-electron chi connectivity index (χ1n) is 5.86. The fourth-order valence-corrected chi connectivity index (χ4v) is 2.46. The van der Waals surface area contributed by atoms with Crippen molar-refractivity contribution in [3.05, 3.63) is 62.3 Å². The van der Waals surface area contributed by atoms with Crippen LogP contribution < -0.4 is 0 Å². The van der Waals surface area contributed by atoms with Crippen molar-refractivity contribution in [2.75, 3.05) is 7.05 Å². The second kappa shape index (κ2) is 6.39. The molecule has 0 bridgehead atoms. The van der Waals surface area contributed by atoms with Crippen LogP contribution in [0.3, 0.4) is 0 Å². The highest BCUT2D eigenvalue weighted by molar-refractivity contribution is 7.71. The molecule has 0 aliphatic heterocycles. The SMILES string of the molecule is CN(Cc1ccc(Cl)cc1Cl)C(=O)c1ccc[nH]c1=S. The highest BCUT2D eigenvalue weighted by atomic mass is 35.5. The molecule has 0 unspecified atom stereocenters. The van der Waals surface area contributed by atoms with Crippen LogP contribution in [0, 0.1) is 4.64 Å². The molecule has 0 atom stereocenters. The molecule has 0 aliphatic carbocycles. The zero-order valence-corrected chi connectivity index (χ0v) is 13.0. The van der Waals surface area contributed by atoms with E-state index in [0.29, 0.717) is 26.8 Å². The predicted molar refractivity (Wildman–Crippen MR) is 83.9 cm³/mol. The van der Waals surface area contributed by atoms with Crippen molar-refractivity contribution in [2.45, 2.75) is 6.54 Å². The van der Waals surface area contributed by atoms with Gasteiger partial charge in [0.15, 0.2) is 0 Å². The molecule has 3 nitrogen and oxygen atoms in total. The first-order valence-corrected chi connectivity index (χ1v) is 7.02. The number of halogens is 2.